The van der Waals surface area contributed by atoms with Gasteiger partial charge in [-0.2, -0.15) is 0 Å². The average molecular weight is 309 g/mol. The third-order valence-electron chi connectivity index (χ3n) is 3.11. The van der Waals surface area contributed by atoms with Crippen molar-refractivity contribution in [3.8, 4) is 0 Å². The van der Waals surface area contributed by atoms with Crippen LogP contribution < -0.4 is 5.73 Å². The van der Waals surface area contributed by atoms with Crippen LogP contribution in [0.5, 0.6) is 0 Å². The Morgan fingerprint density at radius 2 is 2.05 bits per heavy atom. The number of esters is 2. The Balaban J connectivity index is 2.96. The van der Waals surface area contributed by atoms with Gasteiger partial charge in [0.15, 0.2) is 0 Å². The highest BCUT2D eigenvalue weighted by Gasteiger charge is 2.53. The first-order valence-electron chi connectivity index (χ1n) is 6.16. The molecule has 0 spiro atoms. The highest BCUT2D eigenvalue weighted by molar-refractivity contribution is 5.88. The van der Waals surface area contributed by atoms with Crippen molar-refractivity contribution < 1.29 is 44.6 Å². The van der Waals surface area contributed by atoms with E-state index < -0.39 is 61.2 Å². The van der Waals surface area contributed by atoms with Gasteiger partial charge in [-0.25, -0.2) is 4.79 Å². The monoisotopic (exact) mass is 309 g/mol. The van der Waals surface area contributed by atoms with Crippen molar-refractivity contribution in [2.24, 2.45) is 5.73 Å². The molecule has 122 valence electrons. The fourth-order valence-electron chi connectivity index (χ4n) is 1.96. The number of rotatable bonds is 4. The third kappa shape index (κ3) is 3.95. The predicted molar refractivity (Wildman–Crippen MR) is 64.3 cm³/mol. The molecule has 1 rings (SSSR count). The average Bonchev–Trinajstić information content (AvgIpc) is 2.40. The number of carbonyl (C=O) groups is 2. The molecule has 0 aromatic rings. The van der Waals surface area contributed by atoms with Crippen molar-refractivity contribution in [3.05, 3.63) is 0 Å². The van der Waals surface area contributed by atoms with Crippen LogP contribution in [0.25, 0.3) is 0 Å². The fourth-order valence-corrected chi connectivity index (χ4v) is 1.96. The van der Waals surface area contributed by atoms with E-state index in [-0.39, 0.29) is 0 Å². The lowest BCUT2D eigenvalue weighted by atomic mass is 9.89. The van der Waals surface area contributed by atoms with Gasteiger partial charge in [-0.3, -0.25) is 4.79 Å². The molecule has 7 N–H and O–H groups in total. The first kappa shape index (κ1) is 17.9. The number of ether oxygens (including phenoxy) is 2. The van der Waals surface area contributed by atoms with Gasteiger partial charge in [0.25, 0.3) is 5.79 Å². The van der Waals surface area contributed by atoms with Gasteiger partial charge in [0.05, 0.1) is 18.8 Å². The zero-order valence-corrected chi connectivity index (χ0v) is 11.2. The lowest BCUT2D eigenvalue weighted by molar-refractivity contribution is -0.293. The summed E-state index contributed by atoms with van der Waals surface area (Å²) in [4.78, 5) is 22.4. The summed E-state index contributed by atoms with van der Waals surface area (Å²) in [7, 11) is 0. The van der Waals surface area contributed by atoms with Gasteiger partial charge >= 0.3 is 11.9 Å². The minimum absolute atomic E-state index is 0.682. The minimum Gasteiger partial charge on any atom is -0.394 e. The van der Waals surface area contributed by atoms with E-state index in [4.69, 9.17) is 15.6 Å². The Hall–Kier alpha value is -1.14. The number of carbonyl (C=O) groups excluding carboxylic acids is 2. The second kappa shape index (κ2) is 6.75. The van der Waals surface area contributed by atoms with Gasteiger partial charge in [-0.1, -0.05) is 0 Å². The molecule has 0 aromatic carbocycles. The maximum Gasteiger partial charge on any atom is 0.374 e. The van der Waals surface area contributed by atoms with Crippen LogP contribution in [0, 0.1) is 0 Å². The number of nitrogens with two attached hydrogens (primary N) is 1. The molecule has 1 fully saturated rings. The van der Waals surface area contributed by atoms with E-state index in [2.05, 4.69) is 4.74 Å². The molecular weight excluding hydrogens is 290 g/mol. The summed E-state index contributed by atoms with van der Waals surface area (Å²) in [6.45, 7) is 0.0915. The summed E-state index contributed by atoms with van der Waals surface area (Å²) in [5, 5.41) is 47.7. The molecule has 10 heteroatoms. The van der Waals surface area contributed by atoms with Gasteiger partial charge in [0.1, 0.15) is 18.3 Å². The summed E-state index contributed by atoms with van der Waals surface area (Å²) in [6.07, 6.45) is -7.18. The number of aliphatic hydroxyl groups is 5. The molecule has 0 amide bonds. The standard InChI is InChI=1S/C11H19NO9/c1-4(14)20-10(18)11(19)2-5(15)7(12)9(21-11)8(17)6(16)3-13/h5-9,13,15-17,19H,2-3,12H2,1H3/t5-,6+,7+,8+,9+,11?/m0/s1. The Morgan fingerprint density at radius 1 is 1.48 bits per heavy atom. The minimum atomic E-state index is -2.71. The first-order valence-corrected chi connectivity index (χ1v) is 6.16. The smallest absolute Gasteiger partial charge is 0.374 e. The van der Waals surface area contributed by atoms with Crippen LogP contribution in [0.15, 0.2) is 0 Å². The summed E-state index contributed by atoms with van der Waals surface area (Å²) in [6, 6.07) is -1.24. The number of hydrogen-bond acceptors (Lipinski definition) is 10. The molecule has 1 aliphatic heterocycles. The van der Waals surface area contributed by atoms with Crippen LogP contribution in [0.1, 0.15) is 13.3 Å². The summed E-state index contributed by atoms with van der Waals surface area (Å²) >= 11 is 0. The fraction of sp³-hybridized carbons (Fsp3) is 0.818. The van der Waals surface area contributed by atoms with Crippen LogP contribution in [-0.2, 0) is 19.1 Å². The van der Waals surface area contributed by atoms with Crippen molar-refractivity contribution >= 4 is 11.9 Å². The van der Waals surface area contributed by atoms with Crippen molar-refractivity contribution in [2.75, 3.05) is 6.61 Å². The van der Waals surface area contributed by atoms with Crippen LogP contribution in [0.4, 0.5) is 0 Å². The van der Waals surface area contributed by atoms with E-state index in [0.29, 0.717) is 0 Å². The lowest BCUT2D eigenvalue weighted by Crippen LogP contribution is -2.66. The Kier molecular flexibility index (Phi) is 5.75. The van der Waals surface area contributed by atoms with Crippen molar-refractivity contribution in [2.45, 2.75) is 49.6 Å². The van der Waals surface area contributed by atoms with E-state index in [1.54, 1.807) is 0 Å². The Morgan fingerprint density at radius 3 is 2.52 bits per heavy atom. The van der Waals surface area contributed by atoms with Gasteiger partial charge < -0.3 is 40.7 Å². The molecule has 0 aromatic heterocycles. The van der Waals surface area contributed by atoms with E-state index in [0.717, 1.165) is 6.92 Å². The van der Waals surface area contributed by atoms with Crippen LogP contribution >= 0.6 is 0 Å². The summed E-state index contributed by atoms with van der Waals surface area (Å²) < 4.78 is 9.12. The van der Waals surface area contributed by atoms with E-state index >= 15 is 0 Å². The van der Waals surface area contributed by atoms with Crippen molar-refractivity contribution in [3.63, 3.8) is 0 Å². The van der Waals surface area contributed by atoms with E-state index in [1.807, 2.05) is 0 Å². The normalized spacial score (nSPS) is 35.9. The summed E-state index contributed by atoms with van der Waals surface area (Å²) in [5.74, 6) is -5.19. The topological polar surface area (TPSA) is 180 Å². The van der Waals surface area contributed by atoms with Gasteiger partial charge in [-0.05, 0) is 0 Å². The second-order valence-corrected chi connectivity index (χ2v) is 4.84. The van der Waals surface area contributed by atoms with Crippen LogP contribution in [0.2, 0.25) is 0 Å². The molecule has 0 aliphatic carbocycles. The molecule has 21 heavy (non-hydrogen) atoms. The van der Waals surface area contributed by atoms with Crippen molar-refractivity contribution in [1.82, 2.24) is 0 Å². The number of hydrogen-bond donors (Lipinski definition) is 6. The lowest BCUT2D eigenvalue weighted by Gasteiger charge is -2.43. The largest absolute Gasteiger partial charge is 0.394 e. The van der Waals surface area contributed by atoms with Gasteiger partial charge in [0.2, 0.25) is 0 Å². The third-order valence-corrected chi connectivity index (χ3v) is 3.11. The molecule has 0 radical (unpaired) electrons. The molecular formula is C11H19NO9. The highest BCUT2D eigenvalue weighted by atomic mass is 16.7. The Bertz CT molecular complexity index is 403. The van der Waals surface area contributed by atoms with Crippen molar-refractivity contribution in [1.29, 1.82) is 0 Å². The quantitative estimate of drug-likeness (QED) is 0.221. The molecule has 1 heterocycles. The van der Waals surface area contributed by atoms with Gasteiger partial charge in [0, 0.05) is 13.3 Å². The maximum absolute atomic E-state index is 11.6. The molecule has 0 bridgehead atoms. The molecule has 1 unspecified atom stereocenters. The molecule has 6 atom stereocenters. The van der Waals surface area contributed by atoms with Crippen LogP contribution in [-0.4, -0.2) is 80.3 Å². The SMILES string of the molecule is CC(=O)OC(=O)C1(O)C[C@H](O)[C@@H](N)[C@H]([C@H](O)[C@H](O)CO)O1. The maximum atomic E-state index is 11.6. The van der Waals surface area contributed by atoms with Gasteiger partial charge in [-0.15, -0.1) is 0 Å². The molecule has 1 aliphatic rings. The zero-order valence-electron chi connectivity index (χ0n) is 11.2. The summed E-state index contributed by atoms with van der Waals surface area (Å²) in [5.41, 5.74) is 5.58. The van der Waals surface area contributed by atoms with E-state index in [9.17, 15) is 30.0 Å². The Labute approximate surface area is 119 Å². The van der Waals surface area contributed by atoms with Crippen LogP contribution in [0.3, 0.4) is 0 Å². The first-order chi connectivity index (χ1) is 9.62. The number of aliphatic hydroxyl groups excluding tert-OH is 4. The molecule has 1 saturated heterocycles. The predicted octanol–water partition coefficient (Wildman–Crippen LogP) is -4.04. The zero-order chi connectivity index (χ0) is 16.4. The van der Waals surface area contributed by atoms with E-state index in [1.165, 1.54) is 0 Å². The molecule has 0 saturated carbocycles. The highest BCUT2D eigenvalue weighted by Crippen LogP contribution is 2.30. The molecule has 10 nitrogen and oxygen atoms in total. The second-order valence-electron chi connectivity index (χ2n) is 4.84.